The molecule has 0 radical (unpaired) electrons. The molecule has 0 spiro atoms. The molecule has 1 saturated heterocycles. The number of hydrogen-bond acceptors (Lipinski definition) is 10. The predicted molar refractivity (Wildman–Crippen MR) is 135 cm³/mol. The van der Waals surface area contributed by atoms with E-state index in [0.717, 1.165) is 5.01 Å². The van der Waals surface area contributed by atoms with Crippen molar-refractivity contribution in [2.75, 3.05) is 7.11 Å². The van der Waals surface area contributed by atoms with Crippen LogP contribution < -0.4 is 5.43 Å². The summed E-state index contributed by atoms with van der Waals surface area (Å²) in [5.74, 6) is -0.608. The second-order valence-electron chi connectivity index (χ2n) is 11.5. The number of nitrogens with one attached hydrogen (secondary N) is 1. The lowest BCUT2D eigenvalue weighted by Gasteiger charge is -2.38. The molecule has 2 heterocycles. The molecule has 1 fully saturated rings. The van der Waals surface area contributed by atoms with Gasteiger partial charge < -0.3 is 18.9 Å². The summed E-state index contributed by atoms with van der Waals surface area (Å²) >= 11 is 1.18. The first kappa shape index (κ1) is 30.1. The maximum Gasteiger partial charge on any atom is 0.431 e. The third-order valence-electron chi connectivity index (χ3n) is 4.66. The Bertz CT molecular complexity index is 1010. The minimum Gasteiger partial charge on any atom is -0.464 e. The van der Waals surface area contributed by atoms with E-state index in [1.54, 1.807) is 62.3 Å². The van der Waals surface area contributed by atoms with Gasteiger partial charge in [-0.3, -0.25) is 4.90 Å². The van der Waals surface area contributed by atoms with Crippen molar-refractivity contribution < 1.29 is 38.1 Å². The average Bonchev–Trinajstić information content (AvgIpc) is 3.34. The molecule has 1 aliphatic rings. The fourth-order valence-corrected chi connectivity index (χ4v) is 4.36. The van der Waals surface area contributed by atoms with Gasteiger partial charge in [-0.05, 0) is 75.2 Å². The zero-order valence-corrected chi connectivity index (χ0v) is 24.0. The summed E-state index contributed by atoms with van der Waals surface area (Å²) in [5.41, 5.74) is -0.0130. The zero-order valence-electron chi connectivity index (χ0n) is 23.2. The quantitative estimate of drug-likeness (QED) is 0.318. The standard InChI is InChI=1S/C24H38N4O8S/c1-22(2,3)34-19(30)26-28(21(32)36-24(7,8)9)16-12-11-15(27(16)20(31)35-23(4,5)6)17-25-14(13-37-17)18(29)33-10/h13,15-16H,11-12H2,1-10H3,(H,26,30)/t15-,16?/m0/s1. The molecule has 1 aliphatic heterocycles. The van der Waals surface area contributed by atoms with Crippen LogP contribution in [0.2, 0.25) is 0 Å². The Labute approximate surface area is 221 Å². The van der Waals surface area contributed by atoms with Crippen molar-refractivity contribution in [3.8, 4) is 0 Å². The molecule has 1 aromatic rings. The van der Waals surface area contributed by atoms with Gasteiger partial charge in [-0.1, -0.05) is 0 Å². The molecule has 0 bridgehead atoms. The molecule has 208 valence electrons. The molecule has 0 saturated carbocycles. The Kier molecular flexibility index (Phi) is 9.05. The van der Waals surface area contributed by atoms with Gasteiger partial charge in [0.05, 0.1) is 13.2 Å². The average molecular weight is 543 g/mol. The smallest absolute Gasteiger partial charge is 0.431 e. The van der Waals surface area contributed by atoms with Gasteiger partial charge in [-0.25, -0.2) is 29.6 Å². The number of amides is 3. The van der Waals surface area contributed by atoms with Gasteiger partial charge >= 0.3 is 24.2 Å². The van der Waals surface area contributed by atoms with Crippen LogP contribution in [0.1, 0.15) is 96.7 Å². The molecular weight excluding hydrogens is 504 g/mol. The number of thiazole rings is 1. The monoisotopic (exact) mass is 542 g/mol. The van der Waals surface area contributed by atoms with Gasteiger partial charge in [0, 0.05) is 5.38 Å². The van der Waals surface area contributed by atoms with E-state index >= 15 is 0 Å². The lowest BCUT2D eigenvalue weighted by atomic mass is 10.2. The van der Waals surface area contributed by atoms with Crippen LogP contribution in [0.4, 0.5) is 14.4 Å². The summed E-state index contributed by atoms with van der Waals surface area (Å²) in [6.07, 6.45) is -2.87. The minimum atomic E-state index is -0.993. The topological polar surface area (TPSA) is 137 Å². The maximum absolute atomic E-state index is 13.4. The molecule has 12 nitrogen and oxygen atoms in total. The van der Waals surface area contributed by atoms with Crippen molar-refractivity contribution >= 4 is 35.6 Å². The van der Waals surface area contributed by atoms with Crippen molar-refractivity contribution in [2.24, 2.45) is 0 Å². The highest BCUT2D eigenvalue weighted by molar-refractivity contribution is 7.09. The van der Waals surface area contributed by atoms with Crippen molar-refractivity contribution in [3.05, 3.63) is 16.1 Å². The van der Waals surface area contributed by atoms with Crippen LogP contribution in [-0.2, 0) is 18.9 Å². The number of aromatic nitrogens is 1. The molecule has 1 aromatic heterocycles. The highest BCUT2D eigenvalue weighted by Crippen LogP contribution is 2.40. The number of hydrogen-bond donors (Lipinski definition) is 1. The molecule has 13 heteroatoms. The van der Waals surface area contributed by atoms with Gasteiger partial charge in [0.2, 0.25) is 0 Å². The molecule has 3 amide bonds. The van der Waals surface area contributed by atoms with E-state index in [4.69, 9.17) is 18.9 Å². The van der Waals surface area contributed by atoms with Gasteiger partial charge in [-0.2, -0.15) is 5.01 Å². The van der Waals surface area contributed by atoms with Gasteiger partial charge in [0.1, 0.15) is 28.0 Å². The molecule has 2 rings (SSSR count). The Balaban J connectivity index is 2.50. The fraction of sp³-hybridized carbons (Fsp3) is 0.708. The molecule has 1 unspecified atom stereocenters. The predicted octanol–water partition coefficient (Wildman–Crippen LogP) is 5.00. The van der Waals surface area contributed by atoms with Crippen LogP contribution in [0.25, 0.3) is 0 Å². The van der Waals surface area contributed by atoms with Crippen LogP contribution in [0.5, 0.6) is 0 Å². The Morgan fingerprint density at radius 1 is 0.946 bits per heavy atom. The molecular formula is C24H38N4O8S. The summed E-state index contributed by atoms with van der Waals surface area (Å²) in [6.45, 7) is 15.3. The summed E-state index contributed by atoms with van der Waals surface area (Å²) in [4.78, 5) is 57.0. The van der Waals surface area contributed by atoms with E-state index < -0.39 is 53.3 Å². The van der Waals surface area contributed by atoms with Gasteiger partial charge in [0.25, 0.3) is 0 Å². The first-order valence-electron chi connectivity index (χ1n) is 11.9. The number of carbonyl (C=O) groups is 4. The maximum atomic E-state index is 13.4. The third kappa shape index (κ3) is 8.76. The Morgan fingerprint density at radius 3 is 2.03 bits per heavy atom. The van der Waals surface area contributed by atoms with Crippen LogP contribution in [0, 0.1) is 0 Å². The highest BCUT2D eigenvalue weighted by Gasteiger charge is 2.47. The van der Waals surface area contributed by atoms with E-state index in [0.29, 0.717) is 11.4 Å². The Hall–Kier alpha value is -3.09. The fourth-order valence-electron chi connectivity index (χ4n) is 3.44. The number of ether oxygens (including phenoxy) is 4. The Morgan fingerprint density at radius 2 is 1.51 bits per heavy atom. The molecule has 2 atom stereocenters. The van der Waals surface area contributed by atoms with Crippen molar-refractivity contribution in [3.63, 3.8) is 0 Å². The number of hydrazine groups is 1. The van der Waals surface area contributed by atoms with E-state index in [9.17, 15) is 19.2 Å². The van der Waals surface area contributed by atoms with Crippen LogP contribution >= 0.6 is 11.3 Å². The van der Waals surface area contributed by atoms with Crippen molar-refractivity contribution in [1.29, 1.82) is 0 Å². The second kappa shape index (κ2) is 11.1. The normalized spacial score (nSPS) is 18.2. The van der Waals surface area contributed by atoms with Gasteiger partial charge in [-0.15, -0.1) is 11.3 Å². The number of likely N-dealkylation sites (tertiary alicyclic amines) is 1. The highest BCUT2D eigenvalue weighted by atomic mass is 32.1. The van der Waals surface area contributed by atoms with E-state index in [1.165, 1.54) is 28.7 Å². The van der Waals surface area contributed by atoms with Crippen molar-refractivity contribution in [1.82, 2.24) is 20.3 Å². The summed E-state index contributed by atoms with van der Waals surface area (Å²) in [5, 5.41) is 2.93. The van der Waals surface area contributed by atoms with Gasteiger partial charge in [0.15, 0.2) is 5.69 Å². The lowest BCUT2D eigenvalue weighted by Crippen LogP contribution is -2.59. The largest absolute Gasteiger partial charge is 0.464 e. The molecule has 37 heavy (non-hydrogen) atoms. The molecule has 0 aliphatic carbocycles. The number of esters is 1. The van der Waals surface area contributed by atoms with Crippen molar-refractivity contribution in [2.45, 2.75) is 104 Å². The minimum absolute atomic E-state index is 0.103. The third-order valence-corrected chi connectivity index (χ3v) is 5.61. The number of carbonyl (C=O) groups excluding carboxylic acids is 4. The van der Waals surface area contributed by atoms with E-state index in [1.807, 2.05) is 0 Å². The number of rotatable bonds is 3. The van der Waals surface area contributed by atoms with E-state index in [-0.39, 0.29) is 12.1 Å². The van der Waals surface area contributed by atoms with E-state index in [2.05, 4.69) is 10.4 Å². The zero-order chi connectivity index (χ0) is 28.3. The first-order chi connectivity index (χ1) is 16.8. The number of nitrogens with zero attached hydrogens (tertiary/aromatic N) is 3. The van der Waals surface area contributed by atoms with Crippen LogP contribution in [0.15, 0.2) is 5.38 Å². The molecule has 1 N–H and O–H groups in total. The summed E-state index contributed by atoms with van der Waals surface area (Å²) in [6, 6.07) is -0.645. The first-order valence-corrected chi connectivity index (χ1v) is 12.8. The molecule has 0 aromatic carbocycles. The summed E-state index contributed by atoms with van der Waals surface area (Å²) in [7, 11) is 1.25. The SMILES string of the molecule is COC(=O)c1csc([C@@H]2CCC(N(NC(=O)OC(C)(C)C)C(=O)OC(C)(C)C)N2C(=O)OC(C)(C)C)n1. The van der Waals surface area contributed by atoms with Crippen LogP contribution in [0.3, 0.4) is 0 Å². The van der Waals surface area contributed by atoms with Crippen LogP contribution in [-0.4, -0.2) is 69.2 Å². The lowest BCUT2D eigenvalue weighted by molar-refractivity contribution is -0.0427. The second-order valence-corrected chi connectivity index (χ2v) is 12.4. The summed E-state index contributed by atoms with van der Waals surface area (Å²) < 4.78 is 21.3. The number of methoxy groups -OCH3 is 1.